The molecule has 0 atom stereocenters. The minimum Gasteiger partial charge on any atom is -0.378 e. The molecule has 17 heavy (non-hydrogen) atoms. The van der Waals surface area contributed by atoms with E-state index in [1.807, 2.05) is 11.0 Å². The first-order valence-corrected chi connectivity index (χ1v) is 5.51. The van der Waals surface area contributed by atoms with E-state index in [4.69, 9.17) is 4.74 Å². The van der Waals surface area contributed by atoms with Gasteiger partial charge in [-0.05, 0) is 12.1 Å². The van der Waals surface area contributed by atoms with Crippen LogP contribution < -0.4 is 0 Å². The number of rotatable bonds is 3. The van der Waals surface area contributed by atoms with E-state index in [1.165, 1.54) is 0 Å². The molecule has 1 fully saturated rings. The first kappa shape index (κ1) is 11.6. The number of ether oxygens (including phenoxy) is 1. The first-order valence-electron chi connectivity index (χ1n) is 5.51. The Labute approximate surface area is 99.5 Å². The fourth-order valence-corrected chi connectivity index (χ4v) is 1.72. The summed E-state index contributed by atoms with van der Waals surface area (Å²) >= 11 is 0. The van der Waals surface area contributed by atoms with Gasteiger partial charge in [0.05, 0.1) is 29.9 Å². The maximum Gasteiger partial charge on any atom is 0.292 e. The first-order chi connectivity index (χ1) is 8.27. The van der Waals surface area contributed by atoms with E-state index >= 15 is 0 Å². The van der Waals surface area contributed by atoms with E-state index in [1.54, 1.807) is 30.5 Å². The van der Waals surface area contributed by atoms with Crippen molar-refractivity contribution in [3.8, 4) is 0 Å². The number of hydrogen-bond acceptors (Lipinski definition) is 4. The van der Waals surface area contributed by atoms with Crippen molar-refractivity contribution in [1.29, 1.82) is 0 Å². The van der Waals surface area contributed by atoms with E-state index in [9.17, 15) is 10.1 Å². The highest BCUT2D eigenvalue weighted by Crippen LogP contribution is 2.16. The van der Waals surface area contributed by atoms with E-state index in [-0.39, 0.29) is 10.6 Å². The van der Waals surface area contributed by atoms with Crippen molar-refractivity contribution < 1.29 is 9.66 Å². The topological polar surface area (TPSA) is 55.6 Å². The molecule has 5 heteroatoms. The van der Waals surface area contributed by atoms with Gasteiger partial charge in [-0.3, -0.25) is 10.1 Å². The molecule has 1 aliphatic heterocycles. The lowest BCUT2D eigenvalue weighted by atomic mass is 10.2. The van der Waals surface area contributed by atoms with Gasteiger partial charge in [0.25, 0.3) is 5.70 Å². The molecule has 0 aliphatic carbocycles. The Bertz CT molecular complexity index is 411. The lowest BCUT2D eigenvalue weighted by molar-refractivity contribution is -0.376. The van der Waals surface area contributed by atoms with Crippen molar-refractivity contribution in [2.24, 2.45) is 0 Å². The molecule has 1 aliphatic rings. The number of morpholine rings is 1. The monoisotopic (exact) mass is 234 g/mol. The summed E-state index contributed by atoms with van der Waals surface area (Å²) in [5.41, 5.74) is 0.761. The lowest BCUT2D eigenvalue weighted by Gasteiger charge is -2.24. The number of nitro groups is 1. The van der Waals surface area contributed by atoms with Crippen molar-refractivity contribution in [3.63, 3.8) is 0 Å². The van der Waals surface area contributed by atoms with Gasteiger partial charge in [-0.15, -0.1) is 0 Å². The molecule has 0 radical (unpaired) electrons. The summed E-state index contributed by atoms with van der Waals surface area (Å²) in [5, 5.41) is 11.1. The molecule has 0 N–H and O–H groups in total. The Hall–Kier alpha value is -1.88. The minimum atomic E-state index is -0.342. The quantitative estimate of drug-likeness (QED) is 0.588. The molecule has 1 aromatic rings. The average molecular weight is 234 g/mol. The van der Waals surface area contributed by atoms with Crippen LogP contribution in [0.1, 0.15) is 5.56 Å². The summed E-state index contributed by atoms with van der Waals surface area (Å²) in [5.74, 6) is 0. The highest BCUT2D eigenvalue weighted by atomic mass is 16.6. The molecule has 90 valence electrons. The Morgan fingerprint density at radius 3 is 2.53 bits per heavy atom. The van der Waals surface area contributed by atoms with Crippen LogP contribution in [0.2, 0.25) is 0 Å². The average Bonchev–Trinajstić information content (AvgIpc) is 2.38. The Morgan fingerprint density at radius 1 is 1.29 bits per heavy atom. The van der Waals surface area contributed by atoms with Crippen LogP contribution in [-0.4, -0.2) is 36.1 Å². The Morgan fingerprint density at radius 2 is 1.94 bits per heavy atom. The number of hydrogen-bond donors (Lipinski definition) is 0. The second-order valence-corrected chi connectivity index (χ2v) is 3.79. The largest absolute Gasteiger partial charge is 0.378 e. The highest BCUT2D eigenvalue weighted by Gasteiger charge is 2.17. The molecule has 0 unspecified atom stereocenters. The van der Waals surface area contributed by atoms with Crippen LogP contribution >= 0.6 is 0 Å². The predicted molar refractivity (Wildman–Crippen MR) is 63.8 cm³/mol. The molecule has 1 aromatic carbocycles. The van der Waals surface area contributed by atoms with Gasteiger partial charge < -0.3 is 9.64 Å². The number of nitrogens with zero attached hydrogens (tertiary/aromatic N) is 2. The lowest BCUT2D eigenvalue weighted by Crippen LogP contribution is -2.32. The molecule has 0 amide bonds. The molecule has 0 spiro atoms. The van der Waals surface area contributed by atoms with Gasteiger partial charge >= 0.3 is 0 Å². The molecular weight excluding hydrogens is 220 g/mol. The van der Waals surface area contributed by atoms with Gasteiger partial charge in [-0.2, -0.15) is 0 Å². The maximum atomic E-state index is 11.1. The molecule has 0 bridgehead atoms. The van der Waals surface area contributed by atoms with E-state index < -0.39 is 0 Å². The maximum absolute atomic E-state index is 11.1. The zero-order chi connectivity index (χ0) is 12.1. The van der Waals surface area contributed by atoms with Crippen LogP contribution in [0.4, 0.5) is 0 Å². The molecule has 1 heterocycles. The molecule has 0 aromatic heterocycles. The van der Waals surface area contributed by atoms with Crippen LogP contribution in [0, 0.1) is 10.1 Å². The third kappa shape index (κ3) is 3.04. The van der Waals surface area contributed by atoms with E-state index in [0.717, 1.165) is 0 Å². The van der Waals surface area contributed by atoms with Crippen LogP contribution in [0.15, 0.2) is 36.5 Å². The van der Waals surface area contributed by atoms with Crippen molar-refractivity contribution in [2.45, 2.75) is 0 Å². The summed E-state index contributed by atoms with van der Waals surface area (Å²) in [6.07, 6.45) is 1.61. The van der Waals surface area contributed by atoms with Crippen LogP contribution in [-0.2, 0) is 4.74 Å². The van der Waals surface area contributed by atoms with Crippen molar-refractivity contribution in [2.75, 3.05) is 26.3 Å². The van der Waals surface area contributed by atoms with Crippen molar-refractivity contribution >= 4 is 5.70 Å². The Balaban J connectivity index is 2.22. The summed E-state index contributed by atoms with van der Waals surface area (Å²) in [6.45, 7) is 2.64. The van der Waals surface area contributed by atoms with E-state index in [0.29, 0.717) is 31.9 Å². The molecule has 0 saturated carbocycles. The SMILES string of the molecule is O=[N+]([O-])C(=CN1CCOCC1)c1ccccc1. The third-order valence-corrected chi connectivity index (χ3v) is 2.62. The van der Waals surface area contributed by atoms with Gasteiger partial charge in [0.2, 0.25) is 0 Å². The summed E-state index contributed by atoms with van der Waals surface area (Å²) in [6, 6.07) is 8.93. The Kier molecular flexibility index (Phi) is 3.72. The zero-order valence-electron chi connectivity index (χ0n) is 9.41. The molecule has 5 nitrogen and oxygen atoms in total. The smallest absolute Gasteiger partial charge is 0.292 e. The minimum absolute atomic E-state index is 0.132. The second-order valence-electron chi connectivity index (χ2n) is 3.79. The van der Waals surface area contributed by atoms with Gasteiger partial charge in [0, 0.05) is 13.1 Å². The van der Waals surface area contributed by atoms with Crippen molar-refractivity contribution in [3.05, 3.63) is 52.2 Å². The van der Waals surface area contributed by atoms with Gasteiger partial charge in [-0.1, -0.05) is 18.2 Å². The highest BCUT2D eigenvalue weighted by molar-refractivity contribution is 5.57. The zero-order valence-corrected chi connectivity index (χ0v) is 9.41. The summed E-state index contributed by atoms with van der Waals surface area (Å²) in [4.78, 5) is 12.6. The van der Waals surface area contributed by atoms with Gasteiger partial charge in [-0.25, -0.2) is 0 Å². The van der Waals surface area contributed by atoms with Gasteiger partial charge in [0.1, 0.15) is 0 Å². The normalized spacial score (nSPS) is 16.9. The van der Waals surface area contributed by atoms with Crippen LogP contribution in [0.5, 0.6) is 0 Å². The summed E-state index contributed by atoms with van der Waals surface area (Å²) in [7, 11) is 0. The summed E-state index contributed by atoms with van der Waals surface area (Å²) < 4.78 is 5.21. The molecule has 1 saturated heterocycles. The van der Waals surface area contributed by atoms with Gasteiger partial charge in [0.15, 0.2) is 0 Å². The van der Waals surface area contributed by atoms with E-state index in [2.05, 4.69) is 0 Å². The third-order valence-electron chi connectivity index (χ3n) is 2.62. The molecule has 2 rings (SSSR count). The fourth-order valence-electron chi connectivity index (χ4n) is 1.72. The van der Waals surface area contributed by atoms with Crippen molar-refractivity contribution in [1.82, 2.24) is 4.90 Å². The fraction of sp³-hybridized carbons (Fsp3) is 0.333. The standard InChI is InChI=1S/C12H14N2O3/c15-14(16)12(11-4-2-1-3-5-11)10-13-6-8-17-9-7-13/h1-5,10H,6-9H2. The second kappa shape index (κ2) is 5.45. The van der Waals surface area contributed by atoms with Crippen LogP contribution in [0.3, 0.4) is 0 Å². The van der Waals surface area contributed by atoms with Crippen LogP contribution in [0.25, 0.3) is 5.70 Å². The predicted octanol–water partition coefficient (Wildman–Crippen LogP) is 1.59. The number of benzene rings is 1. The molecular formula is C12H14N2O3.